The van der Waals surface area contributed by atoms with Crippen LogP contribution in [0.4, 0.5) is 0 Å². The summed E-state index contributed by atoms with van der Waals surface area (Å²) >= 11 is 11.8. The van der Waals surface area contributed by atoms with Gasteiger partial charge in [-0.1, -0.05) is 29.3 Å². The van der Waals surface area contributed by atoms with Crippen molar-refractivity contribution in [1.82, 2.24) is 0 Å². The van der Waals surface area contributed by atoms with Crippen molar-refractivity contribution in [2.75, 3.05) is 6.61 Å². The molecule has 1 atom stereocenters. The molecule has 4 heteroatoms. The second-order valence-corrected chi connectivity index (χ2v) is 5.95. The third kappa shape index (κ3) is 5.73. The van der Waals surface area contributed by atoms with Crippen LogP contribution in [0.5, 0.6) is 0 Å². The molecule has 1 aromatic carbocycles. The van der Waals surface area contributed by atoms with Crippen molar-refractivity contribution in [1.29, 1.82) is 0 Å². The normalized spacial score (nSPS) is 13.8. The van der Waals surface area contributed by atoms with Gasteiger partial charge in [0, 0.05) is 6.04 Å². The lowest BCUT2D eigenvalue weighted by Gasteiger charge is -2.22. The Balaban J connectivity index is 2.50. The fourth-order valence-corrected chi connectivity index (χ4v) is 1.71. The molecule has 17 heavy (non-hydrogen) atoms. The third-order valence-corrected chi connectivity index (χ3v) is 2.95. The summed E-state index contributed by atoms with van der Waals surface area (Å²) in [6, 6.07) is 5.54. The van der Waals surface area contributed by atoms with E-state index in [1.807, 2.05) is 32.9 Å². The molecule has 1 aromatic rings. The largest absolute Gasteiger partial charge is 0.374 e. The van der Waals surface area contributed by atoms with Crippen molar-refractivity contribution in [2.45, 2.75) is 38.8 Å². The highest BCUT2D eigenvalue weighted by molar-refractivity contribution is 6.42. The molecule has 0 aliphatic carbocycles. The summed E-state index contributed by atoms with van der Waals surface area (Å²) in [5.41, 5.74) is 6.92. The zero-order valence-electron chi connectivity index (χ0n) is 10.5. The SMILES string of the molecule is CC(C)(C)OCC(N)Cc1ccc(Cl)c(Cl)c1. The van der Waals surface area contributed by atoms with E-state index in [1.165, 1.54) is 0 Å². The van der Waals surface area contributed by atoms with Crippen LogP contribution in [0.1, 0.15) is 26.3 Å². The van der Waals surface area contributed by atoms with Crippen LogP contribution in [0.25, 0.3) is 0 Å². The van der Waals surface area contributed by atoms with Crippen LogP contribution in [0, 0.1) is 0 Å². The van der Waals surface area contributed by atoms with Crippen LogP contribution < -0.4 is 5.73 Å². The molecule has 1 rings (SSSR count). The fourth-order valence-electron chi connectivity index (χ4n) is 1.39. The van der Waals surface area contributed by atoms with E-state index < -0.39 is 0 Å². The van der Waals surface area contributed by atoms with Gasteiger partial charge in [-0.15, -0.1) is 0 Å². The Labute approximate surface area is 113 Å². The Morgan fingerprint density at radius 3 is 2.41 bits per heavy atom. The molecule has 0 saturated carbocycles. The summed E-state index contributed by atoms with van der Waals surface area (Å²) in [6.45, 7) is 6.57. The minimum Gasteiger partial charge on any atom is -0.374 e. The Morgan fingerprint density at radius 1 is 1.24 bits per heavy atom. The third-order valence-electron chi connectivity index (χ3n) is 2.21. The second kappa shape index (κ2) is 6.05. The molecule has 0 spiro atoms. The monoisotopic (exact) mass is 275 g/mol. The van der Waals surface area contributed by atoms with Crippen LogP contribution >= 0.6 is 23.2 Å². The lowest BCUT2D eigenvalue weighted by atomic mass is 10.1. The Bertz CT molecular complexity index is 374. The Kier molecular flexibility index (Phi) is 5.26. The summed E-state index contributed by atoms with van der Waals surface area (Å²) in [5, 5.41) is 1.13. The van der Waals surface area contributed by atoms with Gasteiger partial charge < -0.3 is 10.5 Å². The van der Waals surface area contributed by atoms with Crippen LogP contribution in [0.3, 0.4) is 0 Å². The molecule has 0 amide bonds. The minimum absolute atomic E-state index is 0.0357. The molecule has 2 N–H and O–H groups in total. The average molecular weight is 276 g/mol. The van der Waals surface area contributed by atoms with Crippen molar-refractivity contribution in [3.05, 3.63) is 33.8 Å². The first-order valence-electron chi connectivity index (χ1n) is 5.61. The minimum atomic E-state index is -0.157. The van der Waals surface area contributed by atoms with E-state index in [1.54, 1.807) is 6.07 Å². The van der Waals surface area contributed by atoms with Crippen molar-refractivity contribution in [2.24, 2.45) is 5.73 Å². The number of hydrogen-bond donors (Lipinski definition) is 1. The maximum Gasteiger partial charge on any atom is 0.0627 e. The van der Waals surface area contributed by atoms with Gasteiger partial charge in [0.15, 0.2) is 0 Å². The number of rotatable bonds is 4. The van der Waals surface area contributed by atoms with Crippen molar-refractivity contribution >= 4 is 23.2 Å². The molecule has 0 aliphatic heterocycles. The van der Waals surface area contributed by atoms with Gasteiger partial charge in [0.25, 0.3) is 0 Å². The van der Waals surface area contributed by atoms with Crippen molar-refractivity contribution < 1.29 is 4.74 Å². The molecule has 0 fully saturated rings. The standard InChI is InChI=1S/C13H19Cl2NO/c1-13(2,3)17-8-10(16)6-9-4-5-11(14)12(15)7-9/h4-5,7,10H,6,8,16H2,1-3H3. The predicted molar refractivity (Wildman–Crippen MR) is 73.8 cm³/mol. The Morgan fingerprint density at radius 2 is 1.88 bits per heavy atom. The molecule has 0 radical (unpaired) electrons. The van der Waals surface area contributed by atoms with Gasteiger partial charge in [0.05, 0.1) is 22.3 Å². The summed E-state index contributed by atoms with van der Waals surface area (Å²) in [5.74, 6) is 0. The van der Waals surface area contributed by atoms with Gasteiger partial charge in [-0.05, 0) is 44.9 Å². The van der Waals surface area contributed by atoms with Gasteiger partial charge >= 0.3 is 0 Å². The maximum absolute atomic E-state index is 6.00. The van der Waals surface area contributed by atoms with E-state index in [4.69, 9.17) is 33.7 Å². The molecule has 0 heterocycles. The highest BCUT2D eigenvalue weighted by Gasteiger charge is 2.13. The zero-order valence-corrected chi connectivity index (χ0v) is 12.0. The number of ether oxygens (including phenoxy) is 1. The lowest BCUT2D eigenvalue weighted by Crippen LogP contribution is -2.33. The highest BCUT2D eigenvalue weighted by Crippen LogP contribution is 2.23. The van der Waals surface area contributed by atoms with Gasteiger partial charge in [-0.3, -0.25) is 0 Å². The van der Waals surface area contributed by atoms with Crippen LogP contribution in [0.15, 0.2) is 18.2 Å². The smallest absolute Gasteiger partial charge is 0.0627 e. The van der Waals surface area contributed by atoms with Crippen molar-refractivity contribution in [3.8, 4) is 0 Å². The molecule has 0 bridgehead atoms. The topological polar surface area (TPSA) is 35.2 Å². The fraction of sp³-hybridized carbons (Fsp3) is 0.538. The summed E-state index contributed by atoms with van der Waals surface area (Å²) in [7, 11) is 0. The molecular formula is C13H19Cl2NO. The molecular weight excluding hydrogens is 257 g/mol. The van der Waals surface area contributed by atoms with Crippen LogP contribution in [-0.2, 0) is 11.2 Å². The number of benzene rings is 1. The van der Waals surface area contributed by atoms with Gasteiger partial charge in [-0.2, -0.15) is 0 Å². The van der Waals surface area contributed by atoms with E-state index in [-0.39, 0.29) is 11.6 Å². The predicted octanol–water partition coefficient (Wildman–Crippen LogP) is 3.68. The molecule has 1 unspecified atom stereocenters. The quantitative estimate of drug-likeness (QED) is 0.910. The summed E-state index contributed by atoms with van der Waals surface area (Å²) in [6.07, 6.45) is 0.729. The van der Waals surface area contributed by atoms with Gasteiger partial charge in [-0.25, -0.2) is 0 Å². The van der Waals surface area contributed by atoms with Crippen LogP contribution in [-0.4, -0.2) is 18.2 Å². The number of nitrogens with two attached hydrogens (primary N) is 1. The molecule has 0 aromatic heterocycles. The molecule has 2 nitrogen and oxygen atoms in total. The van der Waals surface area contributed by atoms with Crippen LogP contribution in [0.2, 0.25) is 10.0 Å². The van der Waals surface area contributed by atoms with E-state index >= 15 is 0 Å². The molecule has 0 saturated heterocycles. The lowest BCUT2D eigenvalue weighted by molar-refractivity contribution is -0.00983. The van der Waals surface area contributed by atoms with Gasteiger partial charge in [0.2, 0.25) is 0 Å². The van der Waals surface area contributed by atoms with E-state index in [0.29, 0.717) is 16.7 Å². The maximum atomic E-state index is 6.00. The van der Waals surface area contributed by atoms with Crippen molar-refractivity contribution in [3.63, 3.8) is 0 Å². The number of hydrogen-bond acceptors (Lipinski definition) is 2. The summed E-state index contributed by atoms with van der Waals surface area (Å²) in [4.78, 5) is 0. The summed E-state index contributed by atoms with van der Waals surface area (Å²) < 4.78 is 5.63. The molecule has 96 valence electrons. The van der Waals surface area contributed by atoms with E-state index in [0.717, 1.165) is 12.0 Å². The average Bonchev–Trinajstić information content (AvgIpc) is 2.20. The number of halogens is 2. The van der Waals surface area contributed by atoms with E-state index in [2.05, 4.69) is 0 Å². The first-order chi connectivity index (χ1) is 7.78. The highest BCUT2D eigenvalue weighted by atomic mass is 35.5. The zero-order chi connectivity index (χ0) is 13.1. The van der Waals surface area contributed by atoms with Gasteiger partial charge in [0.1, 0.15) is 0 Å². The Hall–Kier alpha value is -0.280. The van der Waals surface area contributed by atoms with E-state index in [9.17, 15) is 0 Å². The first kappa shape index (κ1) is 14.8. The molecule has 0 aliphatic rings. The second-order valence-electron chi connectivity index (χ2n) is 5.14. The first-order valence-corrected chi connectivity index (χ1v) is 6.37.